The van der Waals surface area contributed by atoms with E-state index in [1.165, 1.54) is 12.8 Å². The topological polar surface area (TPSA) is 44.7 Å². The van der Waals surface area contributed by atoms with Crippen LogP contribution in [0.4, 0.5) is 0 Å². The predicted molar refractivity (Wildman–Crippen MR) is 72.7 cm³/mol. The van der Waals surface area contributed by atoms with Gasteiger partial charge in [0.2, 0.25) is 0 Å². The van der Waals surface area contributed by atoms with Gasteiger partial charge in [-0.15, -0.1) is 0 Å². The second-order valence-corrected chi connectivity index (χ2v) is 6.74. The zero-order valence-electron chi connectivity index (χ0n) is 12.0. The van der Waals surface area contributed by atoms with Crippen molar-refractivity contribution in [2.45, 2.75) is 57.2 Å². The molecule has 18 heavy (non-hydrogen) atoms. The highest BCUT2D eigenvalue weighted by atomic mass is 16.5. The second kappa shape index (κ2) is 5.45. The largest absolute Gasteiger partial charge is 0.394 e. The highest BCUT2D eigenvalue weighted by Crippen LogP contribution is 2.25. The third kappa shape index (κ3) is 3.67. The van der Waals surface area contributed by atoms with Gasteiger partial charge in [0.1, 0.15) is 0 Å². The summed E-state index contributed by atoms with van der Waals surface area (Å²) in [5.41, 5.74) is -0.0102. The van der Waals surface area contributed by atoms with Crippen LogP contribution in [0.2, 0.25) is 0 Å². The lowest BCUT2D eigenvalue weighted by atomic mass is 9.95. The van der Waals surface area contributed by atoms with Crippen LogP contribution in [0.25, 0.3) is 0 Å². The number of hydrogen-bond donors (Lipinski definition) is 2. The summed E-state index contributed by atoms with van der Waals surface area (Å²) in [4.78, 5) is 2.49. The fourth-order valence-corrected chi connectivity index (χ4v) is 2.60. The van der Waals surface area contributed by atoms with Crippen LogP contribution in [0, 0.1) is 0 Å². The van der Waals surface area contributed by atoms with Gasteiger partial charge >= 0.3 is 0 Å². The zero-order valence-corrected chi connectivity index (χ0v) is 12.0. The molecule has 0 aromatic carbocycles. The lowest BCUT2D eigenvalue weighted by molar-refractivity contribution is -0.0548. The maximum atomic E-state index is 9.62. The third-order valence-corrected chi connectivity index (χ3v) is 4.23. The van der Waals surface area contributed by atoms with Crippen LogP contribution in [0.15, 0.2) is 0 Å². The summed E-state index contributed by atoms with van der Waals surface area (Å²) in [5.74, 6) is 0. The molecular weight excluding hydrogens is 228 g/mol. The van der Waals surface area contributed by atoms with Gasteiger partial charge in [-0.1, -0.05) is 0 Å². The molecule has 2 rings (SSSR count). The fraction of sp³-hybridized carbons (Fsp3) is 1.00. The Hall–Kier alpha value is -0.160. The van der Waals surface area contributed by atoms with E-state index in [0.717, 1.165) is 32.7 Å². The van der Waals surface area contributed by atoms with Crippen LogP contribution in [0.3, 0.4) is 0 Å². The average Bonchev–Trinajstić information content (AvgIpc) is 3.11. The molecule has 1 aliphatic heterocycles. The molecule has 2 N–H and O–H groups in total. The molecule has 2 fully saturated rings. The number of nitrogens with zero attached hydrogens (tertiary/aromatic N) is 1. The van der Waals surface area contributed by atoms with Crippen molar-refractivity contribution in [1.29, 1.82) is 0 Å². The molecule has 1 aliphatic carbocycles. The normalized spacial score (nSPS) is 28.0. The molecule has 0 amide bonds. The molecule has 0 bridgehead atoms. The molecule has 0 radical (unpaired) electrons. The van der Waals surface area contributed by atoms with Crippen LogP contribution < -0.4 is 5.32 Å². The van der Waals surface area contributed by atoms with E-state index >= 15 is 0 Å². The van der Waals surface area contributed by atoms with Crippen molar-refractivity contribution in [3.05, 3.63) is 0 Å². The first-order chi connectivity index (χ1) is 8.45. The molecule has 1 unspecified atom stereocenters. The van der Waals surface area contributed by atoms with Crippen LogP contribution >= 0.6 is 0 Å². The Labute approximate surface area is 111 Å². The summed E-state index contributed by atoms with van der Waals surface area (Å²) in [5, 5.41) is 13.2. The van der Waals surface area contributed by atoms with Gasteiger partial charge in [-0.3, -0.25) is 4.90 Å². The number of rotatable bonds is 6. The Morgan fingerprint density at radius 1 is 1.44 bits per heavy atom. The Kier molecular flexibility index (Phi) is 4.32. The molecule has 0 aromatic rings. The summed E-state index contributed by atoms with van der Waals surface area (Å²) in [7, 11) is 0. The number of aliphatic hydroxyl groups excluding tert-OH is 1. The molecule has 0 spiro atoms. The molecule has 2 aliphatic rings. The van der Waals surface area contributed by atoms with Gasteiger partial charge in [0.15, 0.2) is 0 Å². The number of ether oxygens (including phenoxy) is 1. The number of nitrogens with one attached hydrogen (secondary N) is 1. The van der Waals surface area contributed by atoms with E-state index in [9.17, 15) is 5.11 Å². The predicted octanol–water partition coefficient (Wildman–Crippen LogP) is 0.990. The van der Waals surface area contributed by atoms with Gasteiger partial charge < -0.3 is 15.2 Å². The van der Waals surface area contributed by atoms with E-state index in [1.54, 1.807) is 0 Å². The first-order valence-corrected chi connectivity index (χ1v) is 7.17. The van der Waals surface area contributed by atoms with E-state index in [0.29, 0.717) is 6.04 Å². The zero-order chi connectivity index (χ0) is 13.2. The van der Waals surface area contributed by atoms with Gasteiger partial charge in [-0.25, -0.2) is 0 Å². The monoisotopic (exact) mass is 256 g/mol. The summed E-state index contributed by atoms with van der Waals surface area (Å²) in [6, 6.07) is 0.639. The van der Waals surface area contributed by atoms with Crippen molar-refractivity contribution in [2.75, 3.05) is 32.9 Å². The number of aliphatic hydroxyl groups is 1. The third-order valence-electron chi connectivity index (χ3n) is 4.23. The van der Waals surface area contributed by atoms with Crippen molar-refractivity contribution in [1.82, 2.24) is 10.2 Å². The molecule has 0 aromatic heterocycles. The Balaban J connectivity index is 1.84. The standard InChI is InChI=1S/C14H28N2O2/c1-13(2)11-18-9-8-16(13)7-6-14(3,10-17)15-12-4-5-12/h12,15,17H,4-11H2,1-3H3. The number of hydrogen-bond acceptors (Lipinski definition) is 4. The van der Waals surface area contributed by atoms with Crippen LogP contribution in [-0.4, -0.2) is 60.0 Å². The van der Waals surface area contributed by atoms with Gasteiger partial charge in [0.25, 0.3) is 0 Å². The molecule has 4 heteroatoms. The minimum atomic E-state index is -0.129. The molecule has 1 saturated carbocycles. The molecule has 1 atom stereocenters. The Morgan fingerprint density at radius 2 is 2.17 bits per heavy atom. The minimum Gasteiger partial charge on any atom is -0.394 e. The van der Waals surface area contributed by atoms with Crippen molar-refractivity contribution in [2.24, 2.45) is 0 Å². The maximum absolute atomic E-state index is 9.62. The van der Waals surface area contributed by atoms with Gasteiger partial charge in [0, 0.05) is 30.2 Å². The first kappa shape index (κ1) is 14.3. The van der Waals surface area contributed by atoms with Crippen LogP contribution in [0.5, 0.6) is 0 Å². The summed E-state index contributed by atoms with van der Waals surface area (Å²) >= 11 is 0. The van der Waals surface area contributed by atoms with E-state index < -0.39 is 0 Å². The second-order valence-electron chi connectivity index (χ2n) is 6.74. The molecule has 4 nitrogen and oxygen atoms in total. The van der Waals surface area contributed by atoms with Crippen molar-refractivity contribution in [3.63, 3.8) is 0 Å². The Morgan fingerprint density at radius 3 is 2.72 bits per heavy atom. The molecule has 106 valence electrons. The van der Waals surface area contributed by atoms with Crippen molar-refractivity contribution >= 4 is 0 Å². The molecule has 1 saturated heterocycles. The lowest BCUT2D eigenvalue weighted by Gasteiger charge is -2.43. The smallest absolute Gasteiger partial charge is 0.0645 e. The van der Waals surface area contributed by atoms with E-state index in [-0.39, 0.29) is 17.7 Å². The Bertz CT molecular complexity index is 279. The lowest BCUT2D eigenvalue weighted by Crippen LogP contribution is -2.56. The van der Waals surface area contributed by atoms with E-state index in [2.05, 4.69) is 31.0 Å². The fourth-order valence-electron chi connectivity index (χ4n) is 2.60. The van der Waals surface area contributed by atoms with Gasteiger partial charge in [-0.05, 0) is 40.0 Å². The summed E-state index contributed by atoms with van der Waals surface area (Å²) < 4.78 is 5.54. The van der Waals surface area contributed by atoms with Crippen LogP contribution in [0.1, 0.15) is 40.0 Å². The molecular formula is C14H28N2O2. The minimum absolute atomic E-state index is 0.119. The highest BCUT2D eigenvalue weighted by Gasteiger charge is 2.35. The maximum Gasteiger partial charge on any atom is 0.0645 e. The summed E-state index contributed by atoms with van der Waals surface area (Å²) in [6.07, 6.45) is 3.51. The van der Waals surface area contributed by atoms with Crippen LogP contribution in [-0.2, 0) is 4.74 Å². The van der Waals surface area contributed by atoms with E-state index in [4.69, 9.17) is 4.74 Å². The average molecular weight is 256 g/mol. The number of morpholine rings is 1. The van der Waals surface area contributed by atoms with Crippen molar-refractivity contribution in [3.8, 4) is 0 Å². The summed E-state index contributed by atoms with van der Waals surface area (Å²) in [6.45, 7) is 10.5. The molecule has 1 heterocycles. The quantitative estimate of drug-likeness (QED) is 0.744. The SMILES string of the molecule is CC(CO)(CCN1CCOCC1(C)C)NC1CC1. The van der Waals surface area contributed by atoms with Crippen molar-refractivity contribution < 1.29 is 9.84 Å². The van der Waals surface area contributed by atoms with Gasteiger partial charge in [-0.2, -0.15) is 0 Å². The first-order valence-electron chi connectivity index (χ1n) is 7.17. The van der Waals surface area contributed by atoms with Gasteiger partial charge in [0.05, 0.1) is 19.8 Å². The van der Waals surface area contributed by atoms with E-state index in [1.807, 2.05) is 0 Å². The highest BCUT2D eigenvalue weighted by molar-refractivity contribution is 4.94.